The second-order valence-electron chi connectivity index (χ2n) is 3.85. The van der Waals surface area contributed by atoms with Gasteiger partial charge >= 0.3 is 12.2 Å². The van der Waals surface area contributed by atoms with Crippen LogP contribution in [0.3, 0.4) is 0 Å². The highest BCUT2D eigenvalue weighted by Gasteiger charge is 2.64. The number of aromatic nitrogens is 3. The average molecular weight is 283 g/mol. The fraction of sp³-hybridized carbons (Fsp3) is 0.667. The maximum absolute atomic E-state index is 12.7. The zero-order chi connectivity index (χ0) is 13.4. The van der Waals surface area contributed by atoms with Crippen LogP contribution in [0.1, 0.15) is 19.8 Å². The lowest BCUT2D eigenvalue weighted by molar-refractivity contribution is -0.151. The first-order chi connectivity index (χ1) is 8.36. The number of nitrogens with zero attached hydrogens (tertiary/aromatic N) is 3. The molecular weight excluding hydrogens is 273 g/mol. The number of rotatable bonds is 4. The van der Waals surface area contributed by atoms with E-state index in [-0.39, 0.29) is 36.7 Å². The van der Waals surface area contributed by atoms with Gasteiger partial charge in [-0.05, 0) is 31.4 Å². The van der Waals surface area contributed by atoms with Crippen molar-refractivity contribution in [2.75, 3.05) is 11.9 Å². The van der Waals surface area contributed by atoms with Crippen LogP contribution in [0.2, 0.25) is 5.28 Å². The molecule has 1 aromatic rings. The summed E-state index contributed by atoms with van der Waals surface area (Å²) in [5.41, 5.74) is -1.94. The van der Waals surface area contributed by atoms with Crippen molar-refractivity contribution >= 4 is 17.5 Å². The summed E-state index contributed by atoms with van der Waals surface area (Å²) in [7, 11) is 0. The Labute approximate surface area is 106 Å². The van der Waals surface area contributed by atoms with Gasteiger partial charge in [-0.3, -0.25) is 0 Å². The van der Waals surface area contributed by atoms with E-state index in [0.29, 0.717) is 0 Å². The first kappa shape index (κ1) is 13.1. The molecule has 0 aliphatic heterocycles. The Morgan fingerprint density at radius 3 is 2.50 bits per heavy atom. The van der Waals surface area contributed by atoms with Gasteiger partial charge in [0.05, 0.1) is 6.61 Å². The lowest BCUT2D eigenvalue weighted by atomic mass is 10.3. The van der Waals surface area contributed by atoms with E-state index in [0.717, 1.165) is 0 Å². The lowest BCUT2D eigenvalue weighted by Crippen LogP contribution is -2.39. The molecule has 0 bridgehead atoms. The largest absolute Gasteiger partial charge is 0.464 e. The Bertz CT molecular complexity index is 450. The van der Waals surface area contributed by atoms with Crippen molar-refractivity contribution in [2.45, 2.75) is 31.5 Å². The zero-order valence-corrected chi connectivity index (χ0v) is 10.1. The van der Waals surface area contributed by atoms with Gasteiger partial charge in [0, 0.05) is 0 Å². The molecule has 0 amide bonds. The molecule has 0 unspecified atom stereocenters. The summed E-state index contributed by atoms with van der Waals surface area (Å²) in [5.74, 6) is -0.228. The van der Waals surface area contributed by atoms with Crippen molar-refractivity contribution in [3.8, 4) is 6.01 Å². The molecule has 1 aromatic heterocycles. The minimum atomic E-state index is -4.35. The normalized spacial score (nSPS) is 17.4. The summed E-state index contributed by atoms with van der Waals surface area (Å²) in [5, 5.41) is 2.04. The van der Waals surface area contributed by atoms with Gasteiger partial charge in [-0.25, -0.2) is 0 Å². The second kappa shape index (κ2) is 4.42. The molecule has 0 aromatic carbocycles. The fourth-order valence-corrected chi connectivity index (χ4v) is 1.55. The van der Waals surface area contributed by atoms with Crippen LogP contribution in [0.4, 0.5) is 19.1 Å². The molecule has 0 saturated heterocycles. The number of nitrogens with one attached hydrogen (secondary N) is 1. The third kappa shape index (κ3) is 2.58. The summed E-state index contributed by atoms with van der Waals surface area (Å²) in [6.07, 6.45) is -4.37. The number of anilines is 1. The zero-order valence-electron chi connectivity index (χ0n) is 9.38. The molecule has 9 heteroatoms. The van der Waals surface area contributed by atoms with Crippen LogP contribution in [-0.2, 0) is 0 Å². The summed E-state index contributed by atoms with van der Waals surface area (Å²) < 4.78 is 43.2. The minimum Gasteiger partial charge on any atom is -0.464 e. The van der Waals surface area contributed by atoms with E-state index in [2.05, 4.69) is 20.3 Å². The van der Waals surface area contributed by atoms with Crippen LogP contribution in [0.15, 0.2) is 0 Å². The number of ether oxygens (including phenoxy) is 1. The standard InChI is InChI=1S/C9H10ClF3N4O/c1-2-18-7-15-5(10)14-6(16-7)17-8(3-4-8)9(11,12)13/h2-4H2,1H3,(H,14,15,16,17). The Morgan fingerprint density at radius 2 is 2.00 bits per heavy atom. The molecule has 100 valence electrons. The van der Waals surface area contributed by atoms with Gasteiger partial charge < -0.3 is 10.1 Å². The Hall–Kier alpha value is -1.31. The third-order valence-electron chi connectivity index (χ3n) is 2.50. The number of halogens is 4. The van der Waals surface area contributed by atoms with Crippen LogP contribution >= 0.6 is 11.6 Å². The van der Waals surface area contributed by atoms with Crippen molar-refractivity contribution in [3.05, 3.63) is 5.28 Å². The molecular formula is C9H10ClF3N4O. The molecule has 0 atom stereocenters. The smallest absolute Gasteiger partial charge is 0.411 e. The summed E-state index contributed by atoms with van der Waals surface area (Å²) in [6.45, 7) is 1.98. The van der Waals surface area contributed by atoms with Crippen LogP contribution in [0.25, 0.3) is 0 Å². The topological polar surface area (TPSA) is 59.9 Å². The van der Waals surface area contributed by atoms with E-state index in [1.807, 2.05) is 0 Å². The molecule has 1 saturated carbocycles. The monoisotopic (exact) mass is 282 g/mol. The highest BCUT2D eigenvalue weighted by atomic mass is 35.5. The number of hydrogen-bond donors (Lipinski definition) is 1. The SMILES string of the molecule is CCOc1nc(Cl)nc(NC2(C(F)(F)F)CC2)n1. The third-order valence-corrected chi connectivity index (χ3v) is 2.67. The quantitative estimate of drug-likeness (QED) is 0.919. The fourth-order valence-electron chi connectivity index (χ4n) is 1.40. The molecule has 1 heterocycles. The first-order valence-electron chi connectivity index (χ1n) is 5.25. The van der Waals surface area contributed by atoms with Gasteiger partial charge in [0.2, 0.25) is 11.2 Å². The highest BCUT2D eigenvalue weighted by Crippen LogP contribution is 2.50. The summed E-state index contributed by atoms with van der Waals surface area (Å²) in [4.78, 5) is 11.0. The van der Waals surface area contributed by atoms with Crippen molar-refractivity contribution in [3.63, 3.8) is 0 Å². The van der Waals surface area contributed by atoms with E-state index in [1.54, 1.807) is 6.92 Å². The van der Waals surface area contributed by atoms with Crippen molar-refractivity contribution in [1.29, 1.82) is 0 Å². The van der Waals surface area contributed by atoms with Gasteiger partial charge in [-0.1, -0.05) is 0 Å². The van der Waals surface area contributed by atoms with Gasteiger partial charge in [-0.15, -0.1) is 0 Å². The number of hydrogen-bond acceptors (Lipinski definition) is 5. The van der Waals surface area contributed by atoms with E-state index in [4.69, 9.17) is 16.3 Å². The Morgan fingerprint density at radius 1 is 1.33 bits per heavy atom. The van der Waals surface area contributed by atoms with Gasteiger partial charge in [0.1, 0.15) is 5.54 Å². The van der Waals surface area contributed by atoms with Gasteiger partial charge in [0.25, 0.3) is 0 Å². The molecule has 18 heavy (non-hydrogen) atoms. The predicted octanol–water partition coefficient (Wildman–Crippen LogP) is 2.43. The molecule has 1 fully saturated rings. The maximum Gasteiger partial charge on any atom is 0.411 e. The summed E-state index contributed by atoms with van der Waals surface area (Å²) in [6, 6.07) is -0.0991. The number of alkyl halides is 3. The van der Waals surface area contributed by atoms with Crippen LogP contribution in [0.5, 0.6) is 6.01 Å². The molecule has 0 spiro atoms. The maximum atomic E-state index is 12.7. The molecule has 1 aliphatic carbocycles. The molecule has 1 aliphatic rings. The van der Waals surface area contributed by atoms with Gasteiger partial charge in [0.15, 0.2) is 0 Å². The van der Waals surface area contributed by atoms with Crippen molar-refractivity contribution in [1.82, 2.24) is 15.0 Å². The molecule has 2 rings (SSSR count). The second-order valence-corrected chi connectivity index (χ2v) is 4.19. The van der Waals surface area contributed by atoms with Crippen molar-refractivity contribution < 1.29 is 17.9 Å². The molecule has 5 nitrogen and oxygen atoms in total. The summed E-state index contributed by atoms with van der Waals surface area (Å²) >= 11 is 5.59. The Kier molecular flexibility index (Phi) is 3.22. The average Bonchev–Trinajstić information content (AvgIpc) is 2.97. The van der Waals surface area contributed by atoms with Gasteiger partial charge in [-0.2, -0.15) is 28.1 Å². The minimum absolute atomic E-state index is 0.0101. The molecule has 1 N–H and O–H groups in total. The highest BCUT2D eigenvalue weighted by molar-refractivity contribution is 6.28. The van der Waals surface area contributed by atoms with Crippen molar-refractivity contribution in [2.24, 2.45) is 0 Å². The van der Waals surface area contributed by atoms with E-state index in [1.165, 1.54) is 0 Å². The lowest BCUT2D eigenvalue weighted by Gasteiger charge is -2.20. The molecule has 0 radical (unpaired) electrons. The first-order valence-corrected chi connectivity index (χ1v) is 5.63. The van der Waals surface area contributed by atoms with Crippen LogP contribution < -0.4 is 10.1 Å². The van der Waals surface area contributed by atoms with Crippen LogP contribution in [-0.4, -0.2) is 33.3 Å². The van der Waals surface area contributed by atoms with E-state index in [9.17, 15) is 13.2 Å². The van der Waals surface area contributed by atoms with E-state index < -0.39 is 11.7 Å². The van der Waals surface area contributed by atoms with Crippen LogP contribution in [0, 0.1) is 0 Å². The predicted molar refractivity (Wildman–Crippen MR) is 57.6 cm³/mol. The Balaban J connectivity index is 2.19. The van der Waals surface area contributed by atoms with E-state index >= 15 is 0 Å².